The molecular weight excluding hydrogens is 215 g/mol. The van der Waals surface area contributed by atoms with Gasteiger partial charge in [0.05, 0.1) is 5.56 Å². The summed E-state index contributed by atoms with van der Waals surface area (Å²) in [6, 6.07) is 10.6. The summed E-state index contributed by atoms with van der Waals surface area (Å²) >= 11 is 0. The summed E-state index contributed by atoms with van der Waals surface area (Å²) in [4.78, 5) is 10.7. The number of benzene rings is 2. The zero-order valence-corrected chi connectivity index (χ0v) is 9.83. The third kappa shape index (κ3) is 2.11. The van der Waals surface area contributed by atoms with Gasteiger partial charge in [-0.25, -0.2) is 4.39 Å². The molecule has 0 aliphatic carbocycles. The average Bonchev–Trinajstić information content (AvgIpc) is 2.34. The lowest BCUT2D eigenvalue weighted by Gasteiger charge is -2.09. The molecule has 0 aromatic heterocycles. The number of hydrogen-bond donors (Lipinski definition) is 0. The minimum absolute atomic E-state index is 0.100. The largest absolute Gasteiger partial charge is 0.298 e. The van der Waals surface area contributed by atoms with Crippen LogP contribution in [0.25, 0.3) is 11.1 Å². The van der Waals surface area contributed by atoms with Crippen LogP contribution in [0.1, 0.15) is 21.5 Å². The highest BCUT2D eigenvalue weighted by Gasteiger charge is 2.07. The van der Waals surface area contributed by atoms with E-state index in [0.29, 0.717) is 6.29 Å². The second-order valence-corrected chi connectivity index (χ2v) is 4.10. The Morgan fingerprint density at radius 1 is 1.12 bits per heavy atom. The maximum absolute atomic E-state index is 13.2. The average molecular weight is 228 g/mol. The van der Waals surface area contributed by atoms with Crippen LogP contribution in [-0.2, 0) is 0 Å². The second kappa shape index (κ2) is 4.50. The molecule has 2 heteroatoms. The maximum Gasteiger partial charge on any atom is 0.153 e. The molecule has 0 bridgehead atoms. The van der Waals surface area contributed by atoms with Crippen LogP contribution in [0, 0.1) is 19.7 Å². The van der Waals surface area contributed by atoms with E-state index in [0.717, 1.165) is 16.7 Å². The number of aldehydes is 1. The zero-order valence-electron chi connectivity index (χ0n) is 9.83. The molecule has 0 fully saturated rings. The van der Waals surface area contributed by atoms with Gasteiger partial charge < -0.3 is 0 Å². The minimum atomic E-state index is -0.478. The number of hydrogen-bond acceptors (Lipinski definition) is 1. The molecular formula is C15H13FO. The summed E-state index contributed by atoms with van der Waals surface area (Å²) in [6.07, 6.45) is 0.546. The first-order valence-electron chi connectivity index (χ1n) is 5.45. The number of aryl methyl sites for hydroxylation is 1. The van der Waals surface area contributed by atoms with Crippen molar-refractivity contribution in [3.63, 3.8) is 0 Å². The van der Waals surface area contributed by atoms with Crippen molar-refractivity contribution in [1.82, 2.24) is 0 Å². The van der Waals surface area contributed by atoms with E-state index in [1.807, 2.05) is 32.0 Å². The number of halogens is 1. The predicted molar refractivity (Wildman–Crippen MR) is 66.7 cm³/mol. The van der Waals surface area contributed by atoms with Crippen LogP contribution >= 0.6 is 0 Å². The second-order valence-electron chi connectivity index (χ2n) is 4.10. The Labute approximate surface area is 99.9 Å². The van der Waals surface area contributed by atoms with E-state index in [1.54, 1.807) is 12.1 Å². The van der Waals surface area contributed by atoms with E-state index < -0.39 is 5.82 Å². The fourth-order valence-electron chi connectivity index (χ4n) is 1.87. The molecule has 0 unspecified atom stereocenters. The van der Waals surface area contributed by atoms with Crippen molar-refractivity contribution in [3.8, 4) is 11.1 Å². The normalized spacial score (nSPS) is 10.3. The van der Waals surface area contributed by atoms with Crippen LogP contribution in [0.2, 0.25) is 0 Å². The van der Waals surface area contributed by atoms with Gasteiger partial charge in [0, 0.05) is 0 Å². The van der Waals surface area contributed by atoms with Gasteiger partial charge in [-0.05, 0) is 48.2 Å². The Morgan fingerprint density at radius 2 is 1.88 bits per heavy atom. The van der Waals surface area contributed by atoms with Crippen molar-refractivity contribution >= 4 is 6.29 Å². The highest BCUT2D eigenvalue weighted by atomic mass is 19.1. The Morgan fingerprint density at radius 3 is 2.59 bits per heavy atom. The van der Waals surface area contributed by atoms with Gasteiger partial charge in [0.25, 0.3) is 0 Å². The van der Waals surface area contributed by atoms with Crippen molar-refractivity contribution in [2.75, 3.05) is 0 Å². The van der Waals surface area contributed by atoms with E-state index >= 15 is 0 Å². The van der Waals surface area contributed by atoms with E-state index in [4.69, 9.17) is 0 Å². The van der Waals surface area contributed by atoms with Crippen molar-refractivity contribution in [1.29, 1.82) is 0 Å². The van der Waals surface area contributed by atoms with Crippen LogP contribution in [0.15, 0.2) is 36.4 Å². The maximum atomic E-state index is 13.2. The standard InChI is InChI=1S/C15H13FO/c1-10-4-3-5-14(11(10)2)12-6-7-15(16)13(8-12)9-17/h3-9H,1-2H3. The van der Waals surface area contributed by atoms with E-state index in [1.165, 1.54) is 11.6 Å². The molecule has 2 aromatic carbocycles. The number of carbonyl (C=O) groups is 1. The molecule has 0 saturated carbocycles. The van der Waals surface area contributed by atoms with Crippen LogP contribution in [0.4, 0.5) is 4.39 Å². The van der Waals surface area contributed by atoms with Crippen molar-refractivity contribution in [3.05, 3.63) is 58.9 Å². The predicted octanol–water partition coefficient (Wildman–Crippen LogP) is 3.92. The smallest absolute Gasteiger partial charge is 0.153 e. The van der Waals surface area contributed by atoms with Crippen LogP contribution in [-0.4, -0.2) is 6.29 Å². The Balaban J connectivity index is 2.61. The fourth-order valence-corrected chi connectivity index (χ4v) is 1.87. The molecule has 17 heavy (non-hydrogen) atoms. The van der Waals surface area contributed by atoms with Gasteiger partial charge in [0.2, 0.25) is 0 Å². The molecule has 0 aliphatic rings. The highest BCUT2D eigenvalue weighted by molar-refractivity contribution is 5.80. The van der Waals surface area contributed by atoms with Gasteiger partial charge in [0.15, 0.2) is 6.29 Å². The summed E-state index contributed by atoms with van der Waals surface area (Å²) < 4.78 is 13.2. The molecule has 0 spiro atoms. The van der Waals surface area contributed by atoms with Gasteiger partial charge in [-0.1, -0.05) is 24.3 Å². The van der Waals surface area contributed by atoms with Crippen molar-refractivity contribution < 1.29 is 9.18 Å². The molecule has 1 nitrogen and oxygen atoms in total. The number of rotatable bonds is 2. The first-order valence-corrected chi connectivity index (χ1v) is 5.45. The number of carbonyl (C=O) groups excluding carboxylic acids is 1. The third-order valence-electron chi connectivity index (χ3n) is 3.04. The summed E-state index contributed by atoms with van der Waals surface area (Å²) in [5.41, 5.74) is 4.33. The summed E-state index contributed by atoms with van der Waals surface area (Å²) in [5, 5.41) is 0. The molecule has 0 radical (unpaired) electrons. The molecule has 0 atom stereocenters. The van der Waals surface area contributed by atoms with Crippen molar-refractivity contribution in [2.45, 2.75) is 13.8 Å². The first-order chi connectivity index (χ1) is 8.13. The quantitative estimate of drug-likeness (QED) is 0.712. The first kappa shape index (κ1) is 11.5. The molecule has 0 heterocycles. The molecule has 0 saturated heterocycles. The van der Waals surface area contributed by atoms with Crippen LogP contribution < -0.4 is 0 Å². The molecule has 2 aromatic rings. The topological polar surface area (TPSA) is 17.1 Å². The lowest BCUT2D eigenvalue weighted by atomic mass is 9.96. The van der Waals surface area contributed by atoms with Gasteiger partial charge >= 0.3 is 0 Å². The van der Waals surface area contributed by atoms with E-state index in [9.17, 15) is 9.18 Å². The molecule has 2 rings (SSSR count). The lowest BCUT2D eigenvalue weighted by Crippen LogP contribution is -1.91. The Bertz CT molecular complexity index is 573. The van der Waals surface area contributed by atoms with E-state index in [2.05, 4.69) is 0 Å². The van der Waals surface area contributed by atoms with Crippen LogP contribution in [0.5, 0.6) is 0 Å². The Hall–Kier alpha value is -1.96. The summed E-state index contributed by atoms with van der Waals surface area (Å²) in [5.74, 6) is -0.478. The van der Waals surface area contributed by atoms with Gasteiger partial charge in [-0.15, -0.1) is 0 Å². The van der Waals surface area contributed by atoms with Gasteiger partial charge in [0.1, 0.15) is 5.82 Å². The summed E-state index contributed by atoms with van der Waals surface area (Å²) in [7, 11) is 0. The lowest BCUT2D eigenvalue weighted by molar-refractivity contribution is 0.112. The Kier molecular flexibility index (Phi) is 3.05. The molecule has 0 aliphatic heterocycles. The molecule has 0 amide bonds. The highest BCUT2D eigenvalue weighted by Crippen LogP contribution is 2.26. The molecule has 86 valence electrons. The monoisotopic (exact) mass is 228 g/mol. The zero-order chi connectivity index (χ0) is 12.4. The van der Waals surface area contributed by atoms with Gasteiger partial charge in [-0.3, -0.25) is 4.79 Å². The van der Waals surface area contributed by atoms with Crippen molar-refractivity contribution in [2.24, 2.45) is 0 Å². The third-order valence-corrected chi connectivity index (χ3v) is 3.04. The minimum Gasteiger partial charge on any atom is -0.298 e. The fraction of sp³-hybridized carbons (Fsp3) is 0.133. The van der Waals surface area contributed by atoms with Crippen LogP contribution in [0.3, 0.4) is 0 Å². The molecule has 0 N–H and O–H groups in total. The van der Waals surface area contributed by atoms with Gasteiger partial charge in [-0.2, -0.15) is 0 Å². The van der Waals surface area contributed by atoms with E-state index in [-0.39, 0.29) is 5.56 Å². The SMILES string of the molecule is Cc1cccc(-c2ccc(F)c(C=O)c2)c1C. The summed E-state index contributed by atoms with van der Waals surface area (Å²) in [6.45, 7) is 4.05.